The van der Waals surface area contributed by atoms with Crippen LogP contribution in [0.3, 0.4) is 0 Å². The molecule has 1 heterocycles. The molecule has 2 radical (unpaired) electrons. The van der Waals surface area contributed by atoms with Crippen LogP contribution < -0.4 is 0 Å². The molecule has 1 saturated heterocycles. The quantitative estimate of drug-likeness (QED) is 0.246. The van der Waals surface area contributed by atoms with Gasteiger partial charge in [0.05, 0.1) is 12.5 Å². The van der Waals surface area contributed by atoms with E-state index < -0.39 is 7.72 Å². The number of hydrogen-bond donors (Lipinski definition) is 0. The van der Waals surface area contributed by atoms with Crippen LogP contribution in [0.2, 0.25) is 0 Å². The van der Waals surface area contributed by atoms with E-state index in [0.717, 1.165) is 0 Å². The summed E-state index contributed by atoms with van der Waals surface area (Å²) in [4.78, 5) is 23.3. The lowest BCUT2D eigenvalue weighted by molar-refractivity contribution is -0.141. The Bertz CT molecular complexity index is 523. The van der Waals surface area contributed by atoms with Crippen molar-refractivity contribution in [3.8, 4) is 11.8 Å². The number of esters is 1. The molecular weight excluding hydrogens is 317 g/mol. The number of allylic oxidation sites excluding steroid dienone is 1. The third-order valence-electron chi connectivity index (χ3n) is 3.99. The minimum absolute atomic E-state index is 0.00763. The predicted octanol–water partition coefficient (Wildman–Crippen LogP) is 2.52. The number of hydrogen-bond acceptors (Lipinski definition) is 4. The highest BCUT2D eigenvalue weighted by Crippen LogP contribution is 2.50. The maximum Gasteiger partial charge on any atom is 0.306 e. The zero-order chi connectivity index (χ0) is 16.1. The molecule has 1 aliphatic heterocycles. The number of carbonyl (C=O) groups is 2. The number of ketones is 1. The zero-order valence-corrected chi connectivity index (χ0v) is 14.6. The molecule has 0 spiro atoms. The smallest absolute Gasteiger partial charge is 0.306 e. The maximum atomic E-state index is 11.8. The highest BCUT2D eigenvalue weighted by molar-refractivity contribution is 8.23. The van der Waals surface area contributed by atoms with Gasteiger partial charge in [-0.2, -0.15) is 0 Å². The molecule has 0 N–H and O–H groups in total. The Hall–Kier alpha value is -0.675. The third kappa shape index (κ3) is 4.66. The second-order valence-electron chi connectivity index (χ2n) is 5.47. The van der Waals surface area contributed by atoms with E-state index in [4.69, 9.17) is 16.8 Å². The molecule has 4 nitrogen and oxygen atoms in total. The van der Waals surface area contributed by atoms with Crippen molar-refractivity contribution in [2.24, 2.45) is 11.8 Å². The number of fused-ring (bicyclic) bond motifs is 1. The summed E-state index contributed by atoms with van der Waals surface area (Å²) in [7, 11) is 7.13. The topological polar surface area (TPSA) is 52.6 Å². The summed E-state index contributed by atoms with van der Waals surface area (Å²) in [5, 5.41) is 0. The van der Waals surface area contributed by atoms with Gasteiger partial charge < -0.3 is 9.26 Å². The van der Waals surface area contributed by atoms with Crippen molar-refractivity contribution in [3.63, 3.8) is 0 Å². The number of carbonyl (C=O) groups excluding carboxylic acids is 2. The molecule has 0 amide bonds. The lowest BCUT2D eigenvalue weighted by atomic mass is 9.91. The molecule has 0 bridgehead atoms. The fourth-order valence-electron chi connectivity index (χ4n) is 3.05. The fraction of sp³-hybridized carbons (Fsp3) is 0.600. The first kappa shape index (κ1) is 17.7. The molecule has 7 heteroatoms. The molecule has 2 aliphatic rings. The van der Waals surface area contributed by atoms with E-state index in [0.29, 0.717) is 25.7 Å². The van der Waals surface area contributed by atoms with Crippen LogP contribution >= 0.6 is 16.6 Å². The van der Waals surface area contributed by atoms with Gasteiger partial charge in [-0.3, -0.25) is 9.59 Å². The lowest BCUT2D eigenvalue weighted by Gasteiger charge is -2.22. The molecule has 2 rings (SSSR count). The summed E-state index contributed by atoms with van der Waals surface area (Å²) >= 11 is 0. The van der Waals surface area contributed by atoms with Gasteiger partial charge >= 0.3 is 5.97 Å². The normalized spacial score (nSPS) is 31.5. The number of ether oxygens (including phenoxy) is 1. The van der Waals surface area contributed by atoms with Gasteiger partial charge in [-0.1, -0.05) is 15.0 Å². The molecule has 22 heavy (non-hydrogen) atoms. The largest absolute Gasteiger partial charge is 0.462 e. The third-order valence-corrected chi connectivity index (χ3v) is 4.87. The summed E-state index contributed by atoms with van der Waals surface area (Å²) in [6.07, 6.45) is 5.24. The number of rotatable bonds is 6. The van der Waals surface area contributed by atoms with Crippen molar-refractivity contribution in [2.45, 2.75) is 44.8 Å². The van der Waals surface area contributed by atoms with Crippen molar-refractivity contribution in [1.29, 1.82) is 0 Å². The first-order valence-electron chi connectivity index (χ1n) is 7.27. The van der Waals surface area contributed by atoms with Crippen LogP contribution in [0.15, 0.2) is 12.2 Å². The highest BCUT2D eigenvalue weighted by atomic mass is 32.0. The Balaban J connectivity index is 2.00. The lowest BCUT2D eigenvalue weighted by Crippen LogP contribution is -2.19. The van der Waals surface area contributed by atoms with E-state index in [-0.39, 0.29) is 35.8 Å². The molecule has 116 valence electrons. The van der Waals surface area contributed by atoms with Crippen LogP contribution in [0.1, 0.15) is 32.6 Å². The Labute approximate surface area is 136 Å². The van der Waals surface area contributed by atoms with Gasteiger partial charge in [0.15, 0.2) is 13.3 Å². The minimum Gasteiger partial charge on any atom is -0.462 e. The first-order chi connectivity index (χ1) is 10.5. The SMILES string of the molecule is [B]P(P)OC1CC2OC(=O)CC2C1/C=C/C(=O)CCC#CC. The Morgan fingerprint density at radius 3 is 3.09 bits per heavy atom. The van der Waals surface area contributed by atoms with Gasteiger partial charge in [0, 0.05) is 31.1 Å². The molecule has 0 aromatic heterocycles. The Morgan fingerprint density at radius 1 is 1.64 bits per heavy atom. The predicted molar refractivity (Wildman–Crippen MR) is 90.2 cm³/mol. The highest BCUT2D eigenvalue weighted by Gasteiger charge is 2.49. The van der Waals surface area contributed by atoms with Crippen molar-refractivity contribution in [3.05, 3.63) is 12.2 Å². The van der Waals surface area contributed by atoms with E-state index in [1.165, 1.54) is 0 Å². The van der Waals surface area contributed by atoms with Crippen molar-refractivity contribution in [1.82, 2.24) is 0 Å². The molecule has 0 aromatic carbocycles. The van der Waals surface area contributed by atoms with Crippen molar-refractivity contribution >= 4 is 36.0 Å². The van der Waals surface area contributed by atoms with Crippen LogP contribution in [0.25, 0.3) is 0 Å². The van der Waals surface area contributed by atoms with Gasteiger partial charge in [0.2, 0.25) is 0 Å². The van der Waals surface area contributed by atoms with Crippen molar-refractivity contribution in [2.75, 3.05) is 0 Å². The molecule has 1 saturated carbocycles. The molecule has 0 aromatic rings. The van der Waals surface area contributed by atoms with E-state index in [2.05, 4.69) is 20.8 Å². The average Bonchev–Trinajstić information content (AvgIpc) is 2.92. The second kappa shape index (κ2) is 8.25. The van der Waals surface area contributed by atoms with E-state index in [1.807, 2.05) is 6.08 Å². The molecule has 6 atom stereocenters. The fourth-order valence-corrected chi connectivity index (χ4v) is 4.05. The van der Waals surface area contributed by atoms with Gasteiger partial charge in [-0.05, 0) is 20.7 Å². The summed E-state index contributed by atoms with van der Waals surface area (Å²) in [6.45, 7) is 1.76. The van der Waals surface area contributed by atoms with Gasteiger partial charge in [-0.15, -0.1) is 11.8 Å². The van der Waals surface area contributed by atoms with E-state index >= 15 is 0 Å². The summed E-state index contributed by atoms with van der Waals surface area (Å²) in [5.74, 6) is 5.59. The van der Waals surface area contributed by atoms with E-state index in [1.54, 1.807) is 13.0 Å². The molecular formula is C15H19BO4P2. The molecule has 1 aliphatic carbocycles. The molecule has 6 unspecified atom stereocenters. The summed E-state index contributed by atoms with van der Waals surface area (Å²) in [6, 6.07) is 0. The second-order valence-corrected chi connectivity index (χ2v) is 7.92. The van der Waals surface area contributed by atoms with Crippen LogP contribution in [-0.2, 0) is 18.8 Å². The van der Waals surface area contributed by atoms with Crippen LogP contribution in [0, 0.1) is 23.7 Å². The van der Waals surface area contributed by atoms with E-state index in [9.17, 15) is 9.59 Å². The first-order valence-corrected chi connectivity index (χ1v) is 10.2. The van der Waals surface area contributed by atoms with Gasteiger partial charge in [-0.25, -0.2) is 0 Å². The van der Waals surface area contributed by atoms with Gasteiger partial charge in [0.1, 0.15) is 6.10 Å². The zero-order valence-electron chi connectivity index (χ0n) is 12.5. The average molecular weight is 336 g/mol. The Kier molecular flexibility index (Phi) is 6.63. The van der Waals surface area contributed by atoms with Gasteiger partial charge in [0.25, 0.3) is 0 Å². The van der Waals surface area contributed by atoms with Crippen LogP contribution in [0.5, 0.6) is 0 Å². The summed E-state index contributed by atoms with van der Waals surface area (Å²) < 4.78 is 11.1. The van der Waals surface area contributed by atoms with Crippen molar-refractivity contribution < 1.29 is 18.8 Å². The summed E-state index contributed by atoms with van der Waals surface area (Å²) in [5.41, 5.74) is 0. The monoisotopic (exact) mass is 336 g/mol. The van der Waals surface area contributed by atoms with Crippen LogP contribution in [0.4, 0.5) is 0 Å². The Morgan fingerprint density at radius 2 is 2.41 bits per heavy atom. The molecule has 2 fully saturated rings. The maximum absolute atomic E-state index is 11.8. The standard InChI is InChI=1S/C15H19BO4P2/c1-2-3-4-5-10(17)6-7-11-12-8-15(18)19-13(12)9-14(11)20-22(16)21/h6-7,11-14H,4-5,8-9,21H2,1H3/b7-6+. The minimum atomic E-state index is -1.07. The van der Waals surface area contributed by atoms with Crippen LogP contribution in [-0.4, -0.2) is 31.5 Å².